The number of carbonyl (C=O) groups is 1. The molecule has 0 aliphatic heterocycles. The van der Waals surface area contributed by atoms with E-state index in [0.717, 1.165) is 5.57 Å². The lowest BCUT2D eigenvalue weighted by Crippen LogP contribution is -2.06. The molecule has 0 rings (SSSR count). The lowest BCUT2D eigenvalue weighted by molar-refractivity contribution is -0.111. The Hall–Kier alpha value is -1.18. The molecule has 0 aromatic rings. The van der Waals surface area contributed by atoms with Gasteiger partial charge in [-0.2, -0.15) is 0 Å². The lowest BCUT2D eigenvalue weighted by atomic mass is 10.2. The fourth-order valence-corrected chi connectivity index (χ4v) is 0.602. The van der Waals surface area contributed by atoms with Crippen molar-refractivity contribution in [1.82, 2.24) is 0 Å². The van der Waals surface area contributed by atoms with Crippen molar-refractivity contribution >= 4 is 11.5 Å². The van der Waals surface area contributed by atoms with E-state index in [4.69, 9.17) is 0 Å². The summed E-state index contributed by atoms with van der Waals surface area (Å²) in [6.07, 6.45) is 3.11. The van der Waals surface area contributed by atoms with E-state index in [1.807, 2.05) is 13.8 Å². The molecule has 0 bridgehead atoms. The standard InChI is InChI=1S/C9H13NO/c1-5-10-9(8(4)11)6-7(2)3/h5-6H,1H2,2-4H3/b10-9+. The summed E-state index contributed by atoms with van der Waals surface area (Å²) in [5.41, 5.74) is 1.51. The minimum atomic E-state index is -0.0360. The molecular weight excluding hydrogens is 138 g/mol. The molecule has 0 saturated carbocycles. The Balaban J connectivity index is 4.63. The van der Waals surface area contributed by atoms with E-state index in [1.165, 1.54) is 13.1 Å². The third kappa shape index (κ3) is 4.25. The number of hydrogen-bond donors (Lipinski definition) is 0. The zero-order valence-electron chi connectivity index (χ0n) is 7.22. The van der Waals surface area contributed by atoms with Gasteiger partial charge in [-0.05, 0) is 19.9 Å². The van der Waals surface area contributed by atoms with Gasteiger partial charge in [0.25, 0.3) is 0 Å². The van der Waals surface area contributed by atoms with Crippen molar-refractivity contribution in [3.05, 3.63) is 24.4 Å². The fourth-order valence-electron chi connectivity index (χ4n) is 0.602. The second-order valence-electron chi connectivity index (χ2n) is 2.47. The van der Waals surface area contributed by atoms with Crippen LogP contribution in [0.5, 0.6) is 0 Å². The zero-order chi connectivity index (χ0) is 8.85. The van der Waals surface area contributed by atoms with Crippen LogP contribution in [0.25, 0.3) is 0 Å². The van der Waals surface area contributed by atoms with Gasteiger partial charge in [0.2, 0.25) is 0 Å². The van der Waals surface area contributed by atoms with Gasteiger partial charge in [-0.1, -0.05) is 12.2 Å². The molecule has 60 valence electrons. The number of rotatable bonds is 3. The number of carbonyl (C=O) groups excluding carboxylic acids is 1. The summed E-state index contributed by atoms with van der Waals surface area (Å²) in [4.78, 5) is 14.7. The molecule has 0 aliphatic carbocycles. The third-order valence-corrected chi connectivity index (χ3v) is 1.02. The number of ketones is 1. The van der Waals surface area contributed by atoms with Crippen LogP contribution in [0.4, 0.5) is 0 Å². The van der Waals surface area contributed by atoms with E-state index >= 15 is 0 Å². The first kappa shape index (κ1) is 9.82. The molecule has 11 heavy (non-hydrogen) atoms. The third-order valence-electron chi connectivity index (χ3n) is 1.02. The molecule has 0 spiro atoms. The van der Waals surface area contributed by atoms with Crippen molar-refractivity contribution in [3.63, 3.8) is 0 Å². The van der Waals surface area contributed by atoms with Gasteiger partial charge in [0.05, 0.1) is 0 Å². The van der Waals surface area contributed by atoms with Gasteiger partial charge in [0.15, 0.2) is 5.78 Å². The van der Waals surface area contributed by atoms with Crippen LogP contribution < -0.4 is 0 Å². The summed E-state index contributed by atoms with van der Waals surface area (Å²) in [6, 6.07) is 0. The summed E-state index contributed by atoms with van der Waals surface area (Å²) in [5, 5.41) is 0. The van der Waals surface area contributed by atoms with E-state index in [1.54, 1.807) is 6.08 Å². The van der Waals surface area contributed by atoms with Crippen LogP contribution in [0.3, 0.4) is 0 Å². The lowest BCUT2D eigenvalue weighted by Gasteiger charge is -1.93. The van der Waals surface area contributed by atoms with Gasteiger partial charge in [0, 0.05) is 13.1 Å². The Bertz CT molecular complexity index is 220. The highest BCUT2D eigenvalue weighted by Crippen LogP contribution is 1.93. The van der Waals surface area contributed by atoms with Crippen LogP contribution in [0.2, 0.25) is 0 Å². The van der Waals surface area contributed by atoms with Crippen LogP contribution in [0.1, 0.15) is 20.8 Å². The van der Waals surface area contributed by atoms with Crippen molar-refractivity contribution in [3.8, 4) is 0 Å². The van der Waals surface area contributed by atoms with E-state index < -0.39 is 0 Å². The molecule has 0 aromatic carbocycles. The SMILES string of the molecule is C=C/N=C(\C=C(C)C)C(C)=O. The highest BCUT2D eigenvalue weighted by atomic mass is 16.1. The highest BCUT2D eigenvalue weighted by Gasteiger charge is 1.99. The van der Waals surface area contributed by atoms with Crippen LogP contribution in [0, 0.1) is 0 Å². The topological polar surface area (TPSA) is 29.4 Å². The molecule has 0 aliphatic rings. The van der Waals surface area contributed by atoms with E-state index in [9.17, 15) is 4.79 Å². The Kier molecular flexibility index (Phi) is 4.11. The maximum atomic E-state index is 10.8. The molecule has 0 fully saturated rings. The molecule has 0 heterocycles. The summed E-state index contributed by atoms with van der Waals surface area (Å²) < 4.78 is 0. The first-order valence-electron chi connectivity index (χ1n) is 3.42. The van der Waals surface area contributed by atoms with Crippen molar-refractivity contribution in [1.29, 1.82) is 0 Å². The normalized spacial score (nSPS) is 10.6. The first-order chi connectivity index (χ1) is 5.07. The average Bonchev–Trinajstić information content (AvgIpc) is 1.86. The van der Waals surface area contributed by atoms with Gasteiger partial charge in [-0.3, -0.25) is 9.79 Å². The van der Waals surface area contributed by atoms with E-state index in [2.05, 4.69) is 11.6 Å². The number of hydrogen-bond acceptors (Lipinski definition) is 2. The Morgan fingerprint density at radius 1 is 1.36 bits per heavy atom. The Morgan fingerprint density at radius 3 is 2.18 bits per heavy atom. The molecule has 0 unspecified atom stereocenters. The van der Waals surface area contributed by atoms with Crippen molar-refractivity contribution in [2.24, 2.45) is 4.99 Å². The molecule has 0 aromatic heterocycles. The zero-order valence-corrected chi connectivity index (χ0v) is 7.22. The highest BCUT2D eigenvalue weighted by molar-refractivity contribution is 6.43. The number of allylic oxidation sites excluding steroid dienone is 2. The fraction of sp³-hybridized carbons (Fsp3) is 0.333. The largest absolute Gasteiger partial charge is 0.293 e. The number of aliphatic imine (C=N–C) groups is 1. The van der Waals surface area contributed by atoms with E-state index in [-0.39, 0.29) is 5.78 Å². The van der Waals surface area contributed by atoms with Gasteiger partial charge in [-0.15, -0.1) is 0 Å². The molecule has 2 heteroatoms. The minimum absolute atomic E-state index is 0.0360. The minimum Gasteiger partial charge on any atom is -0.293 e. The van der Waals surface area contributed by atoms with Crippen LogP contribution >= 0.6 is 0 Å². The smallest absolute Gasteiger partial charge is 0.178 e. The summed E-state index contributed by atoms with van der Waals surface area (Å²) in [5.74, 6) is -0.0360. The molecule has 0 atom stereocenters. The van der Waals surface area contributed by atoms with Crippen molar-refractivity contribution in [2.75, 3.05) is 0 Å². The Morgan fingerprint density at radius 2 is 1.91 bits per heavy atom. The first-order valence-corrected chi connectivity index (χ1v) is 3.42. The molecule has 0 N–H and O–H groups in total. The molecule has 0 amide bonds. The average molecular weight is 151 g/mol. The summed E-state index contributed by atoms with van der Waals surface area (Å²) >= 11 is 0. The van der Waals surface area contributed by atoms with Gasteiger partial charge in [0.1, 0.15) is 5.71 Å². The number of Topliss-reactive ketones (excluding diaryl/α,β-unsaturated/α-hetero) is 1. The van der Waals surface area contributed by atoms with Crippen molar-refractivity contribution in [2.45, 2.75) is 20.8 Å². The van der Waals surface area contributed by atoms with Gasteiger partial charge < -0.3 is 0 Å². The predicted octanol–water partition coefficient (Wildman–Crippen LogP) is 2.13. The van der Waals surface area contributed by atoms with Gasteiger partial charge in [-0.25, -0.2) is 0 Å². The summed E-state index contributed by atoms with van der Waals surface area (Å²) in [6.45, 7) is 8.75. The molecular formula is C9H13NO. The molecule has 2 nitrogen and oxygen atoms in total. The van der Waals surface area contributed by atoms with E-state index in [0.29, 0.717) is 5.71 Å². The molecule has 0 saturated heterocycles. The van der Waals surface area contributed by atoms with Gasteiger partial charge >= 0.3 is 0 Å². The molecule has 0 radical (unpaired) electrons. The summed E-state index contributed by atoms with van der Waals surface area (Å²) in [7, 11) is 0. The quantitative estimate of drug-likeness (QED) is 0.568. The van der Waals surface area contributed by atoms with Crippen molar-refractivity contribution < 1.29 is 4.79 Å². The van der Waals surface area contributed by atoms with Crippen LogP contribution in [0.15, 0.2) is 29.4 Å². The van der Waals surface area contributed by atoms with Crippen LogP contribution in [-0.2, 0) is 4.79 Å². The van der Waals surface area contributed by atoms with Crippen LogP contribution in [-0.4, -0.2) is 11.5 Å². The number of nitrogens with zero attached hydrogens (tertiary/aromatic N) is 1. The second-order valence-corrected chi connectivity index (χ2v) is 2.47. The monoisotopic (exact) mass is 151 g/mol. The maximum absolute atomic E-state index is 10.8. The Labute approximate surface area is 67.3 Å². The second kappa shape index (κ2) is 4.61. The predicted molar refractivity (Wildman–Crippen MR) is 47.7 cm³/mol. The maximum Gasteiger partial charge on any atom is 0.178 e.